The molecular weight excluding hydrogens is 302 g/mol. The van der Waals surface area contributed by atoms with Crippen LogP contribution in [0.2, 0.25) is 0 Å². The predicted molar refractivity (Wildman–Crippen MR) is 73.2 cm³/mol. The van der Waals surface area contributed by atoms with Crippen molar-refractivity contribution in [1.82, 2.24) is 4.98 Å². The number of esters is 1. The molecule has 0 N–H and O–H groups in total. The van der Waals surface area contributed by atoms with E-state index in [4.69, 9.17) is 4.74 Å². The first-order chi connectivity index (χ1) is 7.78. The molecule has 0 aromatic carbocycles. The summed E-state index contributed by atoms with van der Waals surface area (Å²) < 4.78 is 6.19. The fraction of sp³-hybridized carbons (Fsp3) is 0.500. The van der Waals surface area contributed by atoms with E-state index < -0.39 is 5.60 Å². The summed E-state index contributed by atoms with van der Waals surface area (Å²) in [7, 11) is 0. The van der Waals surface area contributed by atoms with Gasteiger partial charge < -0.3 is 4.74 Å². The van der Waals surface area contributed by atoms with Crippen LogP contribution in [0, 0.1) is 6.92 Å². The van der Waals surface area contributed by atoms with E-state index in [1.165, 1.54) is 11.8 Å². The van der Waals surface area contributed by atoms with Crippen molar-refractivity contribution in [1.29, 1.82) is 0 Å². The molecule has 0 bridgehead atoms. The van der Waals surface area contributed by atoms with Gasteiger partial charge in [0.05, 0.1) is 16.5 Å². The normalized spacial score (nSPS) is 11.4. The van der Waals surface area contributed by atoms with Crippen LogP contribution in [0.4, 0.5) is 0 Å². The van der Waals surface area contributed by atoms with Gasteiger partial charge in [-0.1, -0.05) is 11.8 Å². The number of aromatic nitrogens is 1. The molecule has 0 spiro atoms. The van der Waals surface area contributed by atoms with Gasteiger partial charge in [-0.25, -0.2) is 4.98 Å². The van der Waals surface area contributed by atoms with Crippen LogP contribution in [-0.2, 0) is 9.53 Å². The van der Waals surface area contributed by atoms with Crippen molar-refractivity contribution in [2.75, 3.05) is 5.75 Å². The average molecular weight is 318 g/mol. The van der Waals surface area contributed by atoms with Crippen molar-refractivity contribution in [2.24, 2.45) is 0 Å². The van der Waals surface area contributed by atoms with E-state index in [2.05, 4.69) is 20.9 Å². The van der Waals surface area contributed by atoms with Crippen LogP contribution in [0.25, 0.3) is 0 Å². The highest BCUT2D eigenvalue weighted by molar-refractivity contribution is 9.10. The Labute approximate surface area is 114 Å². The van der Waals surface area contributed by atoms with Crippen molar-refractivity contribution in [3.05, 3.63) is 22.3 Å². The van der Waals surface area contributed by atoms with E-state index in [1.807, 2.05) is 39.8 Å². The Morgan fingerprint density at radius 2 is 2.12 bits per heavy atom. The van der Waals surface area contributed by atoms with Gasteiger partial charge in [0.1, 0.15) is 5.60 Å². The number of thioether (sulfide) groups is 1. The summed E-state index contributed by atoms with van der Waals surface area (Å²) in [4.78, 5) is 15.9. The van der Waals surface area contributed by atoms with E-state index in [-0.39, 0.29) is 11.7 Å². The number of aryl methyl sites for hydroxylation is 1. The summed E-state index contributed by atoms with van der Waals surface area (Å²) in [6.07, 6.45) is 0. The van der Waals surface area contributed by atoms with E-state index in [0.717, 1.165) is 15.2 Å². The van der Waals surface area contributed by atoms with Gasteiger partial charge in [0.25, 0.3) is 0 Å². The minimum absolute atomic E-state index is 0.218. The minimum atomic E-state index is -0.430. The van der Waals surface area contributed by atoms with Gasteiger partial charge in [-0.15, -0.1) is 0 Å². The number of hydrogen-bond donors (Lipinski definition) is 0. The van der Waals surface area contributed by atoms with E-state index in [9.17, 15) is 4.79 Å². The molecule has 94 valence electrons. The molecule has 0 unspecified atom stereocenters. The van der Waals surface area contributed by atoms with Crippen molar-refractivity contribution >= 4 is 33.7 Å². The summed E-state index contributed by atoms with van der Waals surface area (Å²) in [6, 6.07) is 3.81. The van der Waals surface area contributed by atoms with Crippen LogP contribution in [0.1, 0.15) is 26.5 Å². The first-order valence-electron chi connectivity index (χ1n) is 5.26. The second-order valence-corrected chi connectivity index (χ2v) is 6.44. The summed E-state index contributed by atoms with van der Waals surface area (Å²) in [5.74, 6) is 0.0654. The van der Waals surface area contributed by atoms with Crippen LogP contribution in [0.5, 0.6) is 0 Å². The lowest BCUT2D eigenvalue weighted by Gasteiger charge is -2.19. The zero-order chi connectivity index (χ0) is 13.1. The molecule has 5 heteroatoms. The number of carbonyl (C=O) groups excluding carboxylic acids is 1. The third-order valence-electron chi connectivity index (χ3n) is 1.75. The number of rotatable bonds is 3. The molecule has 0 atom stereocenters. The lowest BCUT2D eigenvalue weighted by atomic mass is 10.2. The maximum Gasteiger partial charge on any atom is 0.316 e. The van der Waals surface area contributed by atoms with Gasteiger partial charge in [-0.3, -0.25) is 4.79 Å². The first kappa shape index (κ1) is 14.5. The van der Waals surface area contributed by atoms with Crippen LogP contribution in [-0.4, -0.2) is 22.3 Å². The predicted octanol–water partition coefficient (Wildman–Crippen LogP) is 3.59. The summed E-state index contributed by atoms with van der Waals surface area (Å²) in [5, 5.41) is 0.830. The molecule has 0 aliphatic rings. The highest BCUT2D eigenvalue weighted by atomic mass is 79.9. The van der Waals surface area contributed by atoms with Gasteiger partial charge >= 0.3 is 5.97 Å². The Hall–Kier alpha value is -0.550. The van der Waals surface area contributed by atoms with E-state index in [1.54, 1.807) is 0 Å². The average Bonchev–Trinajstić information content (AvgIpc) is 2.17. The number of ether oxygens (including phenoxy) is 1. The summed E-state index contributed by atoms with van der Waals surface area (Å²) in [5.41, 5.74) is 0.486. The van der Waals surface area contributed by atoms with Crippen molar-refractivity contribution in [3.8, 4) is 0 Å². The zero-order valence-electron chi connectivity index (χ0n) is 10.4. The largest absolute Gasteiger partial charge is 0.459 e. The maximum atomic E-state index is 11.5. The highest BCUT2D eigenvalue weighted by Gasteiger charge is 2.16. The van der Waals surface area contributed by atoms with Gasteiger partial charge in [0, 0.05) is 4.47 Å². The second-order valence-electron chi connectivity index (χ2n) is 4.59. The molecule has 0 saturated carbocycles. The number of halogens is 1. The van der Waals surface area contributed by atoms with Gasteiger partial charge in [-0.2, -0.15) is 0 Å². The van der Waals surface area contributed by atoms with Crippen LogP contribution in [0.3, 0.4) is 0 Å². The minimum Gasteiger partial charge on any atom is -0.459 e. The SMILES string of the molecule is Cc1nc(SCC(=O)OC(C)(C)C)ccc1Br. The molecule has 0 aliphatic carbocycles. The second kappa shape index (κ2) is 5.87. The lowest BCUT2D eigenvalue weighted by Crippen LogP contribution is -2.24. The van der Waals surface area contributed by atoms with Crippen LogP contribution in [0.15, 0.2) is 21.6 Å². The third-order valence-corrected chi connectivity index (χ3v) is 3.50. The summed E-state index contributed by atoms with van der Waals surface area (Å²) in [6.45, 7) is 7.49. The van der Waals surface area contributed by atoms with Gasteiger partial charge in [-0.05, 0) is 55.8 Å². The number of hydrogen-bond acceptors (Lipinski definition) is 4. The molecule has 0 aliphatic heterocycles. The van der Waals surface area contributed by atoms with E-state index in [0.29, 0.717) is 0 Å². The molecule has 3 nitrogen and oxygen atoms in total. The zero-order valence-corrected chi connectivity index (χ0v) is 12.8. The first-order valence-corrected chi connectivity index (χ1v) is 7.03. The molecule has 1 rings (SSSR count). The third kappa shape index (κ3) is 5.55. The topological polar surface area (TPSA) is 39.2 Å². The molecule has 0 radical (unpaired) electrons. The Balaban J connectivity index is 2.50. The van der Waals surface area contributed by atoms with Crippen molar-refractivity contribution in [3.63, 3.8) is 0 Å². The standard InChI is InChI=1S/C12H16BrNO2S/c1-8-9(13)5-6-10(14-8)17-7-11(15)16-12(2,3)4/h5-6H,7H2,1-4H3. The summed E-state index contributed by atoms with van der Waals surface area (Å²) >= 11 is 4.77. The fourth-order valence-electron chi connectivity index (χ4n) is 1.11. The number of pyridine rings is 1. The van der Waals surface area contributed by atoms with E-state index >= 15 is 0 Å². The number of carbonyl (C=O) groups is 1. The molecular formula is C12H16BrNO2S. The van der Waals surface area contributed by atoms with Crippen LogP contribution < -0.4 is 0 Å². The smallest absolute Gasteiger partial charge is 0.316 e. The molecule has 1 aromatic heterocycles. The van der Waals surface area contributed by atoms with Crippen LogP contribution >= 0.6 is 27.7 Å². The Bertz CT molecular complexity index is 415. The Morgan fingerprint density at radius 1 is 1.47 bits per heavy atom. The van der Waals surface area contributed by atoms with Gasteiger partial charge in [0.2, 0.25) is 0 Å². The maximum absolute atomic E-state index is 11.5. The van der Waals surface area contributed by atoms with Crippen molar-refractivity contribution < 1.29 is 9.53 Å². The lowest BCUT2D eigenvalue weighted by molar-refractivity contribution is -0.151. The monoisotopic (exact) mass is 317 g/mol. The molecule has 1 heterocycles. The molecule has 0 amide bonds. The Morgan fingerprint density at radius 3 is 2.65 bits per heavy atom. The quantitative estimate of drug-likeness (QED) is 0.631. The molecule has 17 heavy (non-hydrogen) atoms. The van der Waals surface area contributed by atoms with Gasteiger partial charge in [0.15, 0.2) is 0 Å². The Kier molecular flexibility index (Phi) is 5.01. The molecule has 0 saturated heterocycles. The fourth-order valence-corrected chi connectivity index (χ4v) is 2.02. The molecule has 0 fully saturated rings. The van der Waals surface area contributed by atoms with Crippen molar-refractivity contribution in [2.45, 2.75) is 38.3 Å². The number of nitrogens with zero attached hydrogens (tertiary/aromatic N) is 1. The molecule has 1 aromatic rings. The highest BCUT2D eigenvalue weighted by Crippen LogP contribution is 2.21.